The lowest BCUT2D eigenvalue weighted by molar-refractivity contribution is -0.384. The number of rotatable bonds is 12. The molecule has 1 atom stereocenters. The van der Waals surface area contributed by atoms with Gasteiger partial charge in [0.25, 0.3) is 21.6 Å². The minimum absolute atomic E-state index is 0.0240. The van der Waals surface area contributed by atoms with Gasteiger partial charge in [-0.25, -0.2) is 18.1 Å². The zero-order valence-corrected chi connectivity index (χ0v) is 37.0. The zero-order valence-electron chi connectivity index (χ0n) is 35.4. The van der Waals surface area contributed by atoms with E-state index in [1.54, 1.807) is 24.4 Å². The van der Waals surface area contributed by atoms with Crippen molar-refractivity contribution in [2.24, 2.45) is 16.7 Å². The molecule has 1 aliphatic carbocycles. The smallest absolute Gasteiger partial charge is 0.293 e. The molecule has 3 N–H and O–H groups in total. The molecule has 3 aromatic carbocycles. The Labute approximate surface area is 372 Å². The van der Waals surface area contributed by atoms with Gasteiger partial charge in [0.05, 0.1) is 21.6 Å². The lowest BCUT2D eigenvalue weighted by Crippen LogP contribution is -2.63. The van der Waals surface area contributed by atoms with Crippen LogP contribution in [-0.2, 0) is 14.8 Å². The van der Waals surface area contributed by atoms with Crippen molar-refractivity contribution in [1.82, 2.24) is 19.6 Å². The summed E-state index contributed by atoms with van der Waals surface area (Å²) < 4.78 is 41.3. The number of hydrogen-bond acceptors (Lipinski definition) is 11. The van der Waals surface area contributed by atoms with Crippen LogP contribution in [0.3, 0.4) is 0 Å². The van der Waals surface area contributed by atoms with Gasteiger partial charge in [-0.15, -0.1) is 0 Å². The van der Waals surface area contributed by atoms with E-state index in [0.29, 0.717) is 37.2 Å². The number of aromatic amines is 1. The fourth-order valence-electron chi connectivity index (χ4n) is 9.64. The standard InChI is InChI=1S/C47H52ClN7O7S/c1-46(2)15-11-41(39(26-46)32-3-5-34(48)6-4-32)54-29-47(30-54)16-19-53(20-17-47)35-7-9-38(43(24-35)62-36-23-33-12-18-49-44(33)51-28-36)45(56)52-63(59,60)37-8-10-40(42(25-37)55(57)58)50-27-31-13-21-61-22-14-31/h3-10,12,18,23-26,28,31,41,50H,11,13-17,19-22,27,29-30H2,1-2H3,(H,49,51)(H,52,56). The summed E-state index contributed by atoms with van der Waals surface area (Å²) in [6, 6.07) is 20.9. The molecule has 3 aliphatic heterocycles. The summed E-state index contributed by atoms with van der Waals surface area (Å²) in [6.45, 7) is 10.0. The van der Waals surface area contributed by atoms with Gasteiger partial charge in [-0.2, -0.15) is 0 Å². The summed E-state index contributed by atoms with van der Waals surface area (Å²) in [4.78, 5) is 37.4. The number of nitrogens with one attached hydrogen (secondary N) is 3. The highest BCUT2D eigenvalue weighted by Crippen LogP contribution is 2.48. The normalized spacial score (nSPS) is 20.2. The van der Waals surface area contributed by atoms with Crippen LogP contribution in [0.25, 0.3) is 16.6 Å². The molecule has 3 saturated heterocycles. The molecule has 330 valence electrons. The van der Waals surface area contributed by atoms with Crippen LogP contribution >= 0.6 is 11.6 Å². The number of carbonyl (C=O) groups is 1. The molecule has 1 unspecified atom stereocenters. The Morgan fingerprint density at radius 1 is 1.00 bits per heavy atom. The Kier molecular flexibility index (Phi) is 11.7. The molecule has 63 heavy (non-hydrogen) atoms. The lowest BCUT2D eigenvalue weighted by atomic mass is 9.68. The average molecular weight is 894 g/mol. The topological polar surface area (TPSA) is 172 Å². The van der Waals surface area contributed by atoms with Crippen molar-refractivity contribution in [3.63, 3.8) is 0 Å². The van der Waals surface area contributed by atoms with Gasteiger partial charge in [0.15, 0.2) is 0 Å². The largest absolute Gasteiger partial charge is 0.455 e. The highest BCUT2D eigenvalue weighted by molar-refractivity contribution is 7.90. The molecule has 9 rings (SSSR count). The number of carbonyl (C=O) groups excluding carboxylic acids is 1. The second-order valence-electron chi connectivity index (χ2n) is 18.2. The third kappa shape index (κ3) is 9.28. The maximum Gasteiger partial charge on any atom is 0.293 e. The number of amides is 1. The minimum atomic E-state index is -4.55. The van der Waals surface area contributed by atoms with Gasteiger partial charge in [-0.05, 0) is 115 Å². The number of sulfonamides is 1. The van der Waals surface area contributed by atoms with E-state index in [0.717, 1.165) is 86.9 Å². The number of ether oxygens (including phenoxy) is 2. The summed E-state index contributed by atoms with van der Waals surface area (Å²) in [5.74, 6) is -0.160. The monoisotopic (exact) mass is 893 g/mol. The van der Waals surface area contributed by atoms with Crippen LogP contribution in [0, 0.1) is 26.9 Å². The summed E-state index contributed by atoms with van der Waals surface area (Å²) in [5.41, 5.74) is 4.24. The molecule has 0 radical (unpaired) electrons. The number of benzene rings is 3. The lowest BCUT2D eigenvalue weighted by Gasteiger charge is -2.58. The van der Waals surface area contributed by atoms with Gasteiger partial charge < -0.3 is 24.7 Å². The van der Waals surface area contributed by atoms with Crippen LogP contribution in [-0.4, -0.2) is 86.1 Å². The summed E-state index contributed by atoms with van der Waals surface area (Å²) >= 11 is 6.26. The second kappa shape index (κ2) is 17.2. The number of nitro benzene ring substituents is 1. The first-order valence-corrected chi connectivity index (χ1v) is 23.5. The molecule has 1 amide bonds. The Bertz CT molecular complexity index is 2660. The van der Waals surface area contributed by atoms with Gasteiger partial charge in [-0.1, -0.05) is 43.7 Å². The number of allylic oxidation sites excluding steroid dienone is 1. The molecule has 2 aromatic heterocycles. The Morgan fingerprint density at radius 3 is 2.51 bits per heavy atom. The number of aromatic nitrogens is 2. The summed E-state index contributed by atoms with van der Waals surface area (Å²) in [5, 5.41) is 16.7. The Morgan fingerprint density at radius 2 is 1.76 bits per heavy atom. The van der Waals surface area contributed by atoms with Crippen LogP contribution in [0.4, 0.5) is 17.1 Å². The van der Waals surface area contributed by atoms with Gasteiger partial charge in [0, 0.05) is 86.4 Å². The van der Waals surface area contributed by atoms with Crippen molar-refractivity contribution < 1.29 is 27.6 Å². The van der Waals surface area contributed by atoms with Crippen LogP contribution in [0.15, 0.2) is 96.2 Å². The molecule has 16 heteroatoms. The summed E-state index contributed by atoms with van der Waals surface area (Å²) in [7, 11) is -4.55. The van der Waals surface area contributed by atoms with Crippen molar-refractivity contribution in [2.75, 3.05) is 56.2 Å². The van der Waals surface area contributed by atoms with Gasteiger partial charge in [-0.3, -0.25) is 19.8 Å². The predicted molar refractivity (Wildman–Crippen MR) is 244 cm³/mol. The molecule has 3 fully saturated rings. The average Bonchev–Trinajstić information content (AvgIpc) is 3.73. The highest BCUT2D eigenvalue weighted by Gasteiger charge is 2.48. The van der Waals surface area contributed by atoms with Gasteiger partial charge >= 0.3 is 0 Å². The number of piperidine rings is 1. The second-order valence-corrected chi connectivity index (χ2v) is 20.3. The van der Waals surface area contributed by atoms with E-state index in [1.165, 1.54) is 29.5 Å². The van der Waals surface area contributed by atoms with E-state index in [9.17, 15) is 23.3 Å². The van der Waals surface area contributed by atoms with Crippen LogP contribution < -0.4 is 19.7 Å². The third-order valence-corrected chi connectivity index (χ3v) is 14.9. The molecule has 1 spiro atoms. The number of fused-ring (bicyclic) bond motifs is 1. The molecule has 5 heterocycles. The quantitative estimate of drug-likeness (QED) is 0.0806. The van der Waals surface area contributed by atoms with E-state index in [2.05, 4.69) is 61.9 Å². The number of hydrogen-bond donors (Lipinski definition) is 3. The number of H-pyrrole nitrogens is 1. The van der Waals surface area contributed by atoms with Crippen molar-refractivity contribution in [2.45, 2.75) is 63.3 Å². The van der Waals surface area contributed by atoms with Crippen molar-refractivity contribution in [3.05, 3.63) is 118 Å². The van der Waals surface area contributed by atoms with Crippen LogP contribution in [0.5, 0.6) is 11.5 Å². The fraction of sp³-hybridized carbons (Fsp3) is 0.404. The minimum Gasteiger partial charge on any atom is -0.455 e. The van der Waals surface area contributed by atoms with E-state index in [4.69, 9.17) is 21.1 Å². The van der Waals surface area contributed by atoms with Crippen LogP contribution in [0.1, 0.15) is 68.3 Å². The maximum absolute atomic E-state index is 13.9. The van der Waals surface area contributed by atoms with E-state index < -0.39 is 31.4 Å². The third-order valence-electron chi connectivity index (χ3n) is 13.3. The van der Waals surface area contributed by atoms with Crippen molar-refractivity contribution >= 4 is 61.2 Å². The molecule has 5 aromatic rings. The van der Waals surface area contributed by atoms with Gasteiger partial charge in [0.1, 0.15) is 22.8 Å². The summed E-state index contributed by atoms with van der Waals surface area (Å²) in [6.07, 6.45) is 11.7. The molecular weight excluding hydrogens is 842 g/mol. The highest BCUT2D eigenvalue weighted by atomic mass is 35.5. The number of likely N-dealkylation sites (tertiary alicyclic amines) is 1. The number of anilines is 2. The molecule has 14 nitrogen and oxygen atoms in total. The predicted octanol–water partition coefficient (Wildman–Crippen LogP) is 9.05. The maximum atomic E-state index is 13.9. The van der Waals surface area contributed by atoms with E-state index in [-0.39, 0.29) is 33.7 Å². The van der Waals surface area contributed by atoms with Crippen molar-refractivity contribution in [3.8, 4) is 11.5 Å². The number of nitrogens with zero attached hydrogens (tertiary/aromatic N) is 4. The Hall–Kier alpha value is -5.48. The molecule has 4 aliphatic rings. The van der Waals surface area contributed by atoms with E-state index in [1.807, 2.05) is 24.3 Å². The van der Waals surface area contributed by atoms with E-state index >= 15 is 0 Å². The molecule has 0 bridgehead atoms. The first kappa shape index (κ1) is 42.8. The Balaban J connectivity index is 0.910. The molecule has 0 saturated carbocycles. The SMILES string of the molecule is CC1(C)C=C(c2ccc(Cl)cc2)C(N2CC3(CCN(c4ccc(C(=O)NS(=O)(=O)c5ccc(NCC6CCOCC6)c([N+](=O)[O-])c5)c(Oc5cnc6[nH]ccc6c5)c4)CC3)C2)CC1. The molecular formula is C47H52ClN7O7S. The first-order chi connectivity index (χ1) is 30.2. The van der Waals surface area contributed by atoms with Gasteiger partial charge in [0.2, 0.25) is 0 Å². The number of pyridine rings is 1. The fourth-order valence-corrected chi connectivity index (χ4v) is 10.8. The number of halogens is 1. The van der Waals surface area contributed by atoms with Crippen LogP contribution in [0.2, 0.25) is 5.02 Å². The number of nitro groups is 1. The zero-order chi connectivity index (χ0) is 43.9. The first-order valence-electron chi connectivity index (χ1n) is 21.6. The van der Waals surface area contributed by atoms with Crippen molar-refractivity contribution in [1.29, 1.82) is 0 Å².